The van der Waals surface area contributed by atoms with Crippen LogP contribution in [0.2, 0.25) is 0 Å². The van der Waals surface area contributed by atoms with Crippen molar-refractivity contribution in [3.05, 3.63) is 94.0 Å². The van der Waals surface area contributed by atoms with E-state index in [1.54, 1.807) is 28.4 Å². The maximum absolute atomic E-state index is 6.75. The van der Waals surface area contributed by atoms with Gasteiger partial charge in [-0.1, -0.05) is 24.3 Å². The van der Waals surface area contributed by atoms with Crippen LogP contribution in [0.3, 0.4) is 0 Å². The summed E-state index contributed by atoms with van der Waals surface area (Å²) in [4.78, 5) is 2.40. The molecule has 0 aromatic heterocycles. The number of likely N-dealkylation sites (N-methyl/N-ethyl adjacent to an activating group) is 1. The fourth-order valence-corrected chi connectivity index (χ4v) is 7.09. The molecule has 6 aliphatic rings. The number of nitrogens with zero attached hydrogens (tertiary/aromatic N) is 1. The number of nitrogens with one attached hydrogen (secondary N) is 1. The van der Waals surface area contributed by atoms with E-state index in [1.165, 1.54) is 22.3 Å². The van der Waals surface area contributed by atoms with Gasteiger partial charge in [-0.2, -0.15) is 0 Å². The second-order valence-corrected chi connectivity index (χ2v) is 11.9. The molecule has 6 aliphatic heterocycles. The first-order valence-corrected chi connectivity index (χ1v) is 15.5. The number of hydrogen-bond acceptors (Lipinski definition) is 8. The number of rotatable bonds is 4. The van der Waals surface area contributed by atoms with Crippen molar-refractivity contribution in [3.8, 4) is 46.0 Å². The maximum atomic E-state index is 6.75. The van der Waals surface area contributed by atoms with Crippen LogP contribution in [0.1, 0.15) is 45.5 Å². The molecule has 0 spiro atoms. The van der Waals surface area contributed by atoms with Crippen molar-refractivity contribution >= 4 is 0 Å². The summed E-state index contributed by atoms with van der Waals surface area (Å²) in [5, 5.41) is 3.73. The van der Waals surface area contributed by atoms with Crippen LogP contribution >= 0.6 is 0 Å². The van der Waals surface area contributed by atoms with Crippen LogP contribution in [0.4, 0.5) is 0 Å². The molecule has 4 aromatic carbocycles. The minimum atomic E-state index is 0.0234. The van der Waals surface area contributed by atoms with Crippen molar-refractivity contribution in [1.82, 2.24) is 10.2 Å². The van der Waals surface area contributed by atoms with Gasteiger partial charge in [0.05, 0.1) is 28.4 Å². The van der Waals surface area contributed by atoms with E-state index in [9.17, 15) is 0 Å². The summed E-state index contributed by atoms with van der Waals surface area (Å²) < 4.78 is 36.9. The van der Waals surface area contributed by atoms with Crippen LogP contribution in [0.25, 0.3) is 0 Å². The highest BCUT2D eigenvalue weighted by Gasteiger charge is 2.34. The van der Waals surface area contributed by atoms with E-state index >= 15 is 0 Å². The third-order valence-corrected chi connectivity index (χ3v) is 9.39. The normalized spacial score (nSPS) is 18.9. The quantitative estimate of drug-likeness (QED) is 0.271. The van der Waals surface area contributed by atoms with Crippen LogP contribution < -0.4 is 33.7 Å². The molecule has 0 aliphatic carbocycles. The molecule has 4 aromatic rings. The van der Waals surface area contributed by atoms with Gasteiger partial charge in [0.15, 0.2) is 23.0 Å². The molecule has 2 atom stereocenters. The Morgan fingerprint density at radius 1 is 0.667 bits per heavy atom. The van der Waals surface area contributed by atoms with Crippen molar-refractivity contribution in [3.63, 3.8) is 0 Å². The lowest BCUT2D eigenvalue weighted by Crippen LogP contribution is -2.34. The number of ether oxygens (including phenoxy) is 6. The molecule has 1 N–H and O–H groups in total. The molecule has 8 heteroatoms. The van der Waals surface area contributed by atoms with Gasteiger partial charge in [-0.3, -0.25) is 4.90 Å². The number of methoxy groups -OCH3 is 4. The second kappa shape index (κ2) is 12.2. The molecule has 0 saturated heterocycles. The summed E-state index contributed by atoms with van der Waals surface area (Å²) in [5.41, 5.74) is 7.02. The van der Waals surface area contributed by atoms with Gasteiger partial charge in [-0.05, 0) is 97.9 Å². The molecule has 8 nitrogen and oxygen atoms in total. The maximum Gasteiger partial charge on any atom is 0.204 e. The van der Waals surface area contributed by atoms with Crippen LogP contribution in [0, 0.1) is 0 Å². The Morgan fingerprint density at radius 2 is 1.20 bits per heavy atom. The van der Waals surface area contributed by atoms with Crippen LogP contribution in [0.5, 0.6) is 46.0 Å². The molecule has 0 fully saturated rings. The van der Waals surface area contributed by atoms with Crippen LogP contribution in [-0.4, -0.2) is 53.5 Å². The second-order valence-electron chi connectivity index (χ2n) is 11.9. The highest BCUT2D eigenvalue weighted by Crippen LogP contribution is 2.51. The largest absolute Gasteiger partial charge is 0.493 e. The third-order valence-electron chi connectivity index (χ3n) is 9.39. The molecule has 0 radical (unpaired) electrons. The Kier molecular flexibility index (Phi) is 7.94. The average Bonchev–Trinajstić information content (AvgIpc) is 3.06. The zero-order valence-corrected chi connectivity index (χ0v) is 26.6. The zero-order valence-electron chi connectivity index (χ0n) is 26.6. The predicted octanol–water partition coefficient (Wildman–Crippen LogP) is 6.82. The Morgan fingerprint density at radius 3 is 1.76 bits per heavy atom. The summed E-state index contributed by atoms with van der Waals surface area (Å²) >= 11 is 0. The first-order valence-electron chi connectivity index (χ1n) is 15.5. The molecule has 45 heavy (non-hydrogen) atoms. The average molecular weight is 609 g/mol. The van der Waals surface area contributed by atoms with Gasteiger partial charge in [0.25, 0.3) is 0 Å². The molecular formula is C37H40N2O6. The van der Waals surface area contributed by atoms with Gasteiger partial charge < -0.3 is 33.7 Å². The van der Waals surface area contributed by atoms with E-state index in [2.05, 4.69) is 53.7 Å². The van der Waals surface area contributed by atoms with Crippen molar-refractivity contribution in [1.29, 1.82) is 0 Å². The lowest BCUT2D eigenvalue weighted by Gasteiger charge is -2.36. The van der Waals surface area contributed by atoms with E-state index in [-0.39, 0.29) is 12.1 Å². The Bertz CT molecular complexity index is 1700. The summed E-state index contributed by atoms with van der Waals surface area (Å²) in [6.45, 7) is 1.79. The van der Waals surface area contributed by atoms with Crippen LogP contribution in [0.15, 0.2) is 60.7 Å². The summed E-state index contributed by atoms with van der Waals surface area (Å²) in [5.74, 6) is 5.47. The zero-order chi connectivity index (χ0) is 31.1. The molecule has 0 unspecified atom stereocenters. The number of hydrogen-bond donors (Lipinski definition) is 1. The van der Waals surface area contributed by atoms with Gasteiger partial charge in [0.1, 0.15) is 11.5 Å². The Balaban J connectivity index is 1.40. The van der Waals surface area contributed by atoms with Crippen molar-refractivity contribution in [2.45, 2.75) is 37.8 Å². The first-order chi connectivity index (χ1) is 22.0. The molecule has 10 rings (SSSR count). The summed E-state index contributed by atoms with van der Waals surface area (Å²) in [6, 6.07) is 21.0. The van der Waals surface area contributed by atoms with E-state index < -0.39 is 0 Å². The van der Waals surface area contributed by atoms with Gasteiger partial charge in [0, 0.05) is 29.8 Å². The molecule has 0 saturated carbocycles. The molecule has 6 heterocycles. The minimum Gasteiger partial charge on any atom is -0.493 e. The lowest BCUT2D eigenvalue weighted by molar-refractivity contribution is 0.221. The minimum absolute atomic E-state index is 0.0234. The highest BCUT2D eigenvalue weighted by molar-refractivity contribution is 5.64. The van der Waals surface area contributed by atoms with Crippen molar-refractivity contribution in [2.24, 2.45) is 0 Å². The fourth-order valence-electron chi connectivity index (χ4n) is 7.09. The third kappa shape index (κ3) is 5.32. The van der Waals surface area contributed by atoms with Gasteiger partial charge in [-0.15, -0.1) is 0 Å². The number of benzene rings is 4. The Labute approximate surface area is 264 Å². The van der Waals surface area contributed by atoms with E-state index in [0.29, 0.717) is 34.5 Å². The first kappa shape index (κ1) is 29.3. The van der Waals surface area contributed by atoms with E-state index in [4.69, 9.17) is 28.4 Å². The molecular weight excluding hydrogens is 568 g/mol. The summed E-state index contributed by atoms with van der Waals surface area (Å²) in [7, 11) is 8.87. The van der Waals surface area contributed by atoms with Crippen molar-refractivity contribution in [2.75, 3.05) is 48.6 Å². The smallest absolute Gasteiger partial charge is 0.204 e. The molecule has 234 valence electrons. The topological polar surface area (TPSA) is 70.7 Å². The molecule has 0 amide bonds. The van der Waals surface area contributed by atoms with Gasteiger partial charge in [0.2, 0.25) is 11.5 Å². The lowest BCUT2D eigenvalue weighted by atomic mass is 9.87. The summed E-state index contributed by atoms with van der Waals surface area (Å²) in [6.07, 6.45) is 3.32. The predicted molar refractivity (Wildman–Crippen MR) is 173 cm³/mol. The molecule has 4 bridgehead atoms. The Hall–Kier alpha value is -4.40. The van der Waals surface area contributed by atoms with Crippen LogP contribution in [-0.2, 0) is 25.7 Å². The van der Waals surface area contributed by atoms with E-state index in [0.717, 1.165) is 61.4 Å². The van der Waals surface area contributed by atoms with Gasteiger partial charge >= 0.3 is 0 Å². The van der Waals surface area contributed by atoms with E-state index in [1.807, 2.05) is 24.3 Å². The standard InChI is InChI=1S/C37H40N2O6/c1-39-17-15-25-21-31(41-3)35(43-5)37-33(25)29(39)19-23-8-12-26(13-9-23)44-36-32-24(20-30(40-2)34(36)42-4)14-16-38-28(32)18-22-6-10-27(45-37)11-7-22/h6-13,20-21,28-29,38H,14-19H2,1-5H3/t28-,29-/m1/s1. The van der Waals surface area contributed by atoms with Crippen molar-refractivity contribution < 1.29 is 28.4 Å². The SMILES string of the molecule is COc1cc2c3c(c1OC)Oc1ccc(cc1)C[C@H]1NCCc4cc(OC)c(OC)c(c41)Oc1ccc(cc1)C[C@H]3N(C)CC2. The van der Waals surface area contributed by atoms with Gasteiger partial charge in [-0.25, -0.2) is 0 Å². The monoisotopic (exact) mass is 608 g/mol. The highest BCUT2D eigenvalue weighted by atomic mass is 16.5. The fraction of sp³-hybridized carbons (Fsp3) is 0.351.